The van der Waals surface area contributed by atoms with Crippen molar-refractivity contribution in [2.45, 2.75) is 26.2 Å². The molecule has 0 atom stereocenters. The summed E-state index contributed by atoms with van der Waals surface area (Å²) in [6.07, 6.45) is 5.21. The number of carbonyl (C=O) groups excluding carboxylic acids is 1. The Hall–Kier alpha value is -2.95. The Labute approximate surface area is 158 Å². The number of fused-ring (bicyclic) bond motifs is 1. The second-order valence-corrected chi connectivity index (χ2v) is 7.01. The van der Waals surface area contributed by atoms with Gasteiger partial charge in [-0.05, 0) is 49.3 Å². The van der Waals surface area contributed by atoms with Gasteiger partial charge in [0.1, 0.15) is 11.6 Å². The Kier molecular flexibility index (Phi) is 4.75. The number of hydrogen-bond acceptors (Lipinski definition) is 3. The molecule has 0 aliphatic carbocycles. The maximum absolute atomic E-state index is 13.8. The standard InChI is InChI=1S/C22H22FN3O/c1-15-9-10-16(13-20(15)23)25-22(27)19-14-24-21(26-11-5-2-6-12-26)18-8-4-3-7-17(18)19/h3-4,7-10,13-14H,2,5-6,11-12H2,1H3,(H,25,27). The highest BCUT2D eigenvalue weighted by Crippen LogP contribution is 2.29. The summed E-state index contributed by atoms with van der Waals surface area (Å²) < 4.78 is 13.8. The predicted octanol–water partition coefficient (Wildman–Crippen LogP) is 4.92. The van der Waals surface area contributed by atoms with Gasteiger partial charge in [-0.3, -0.25) is 4.79 Å². The van der Waals surface area contributed by atoms with E-state index in [9.17, 15) is 9.18 Å². The summed E-state index contributed by atoms with van der Waals surface area (Å²) in [6, 6.07) is 12.5. The van der Waals surface area contributed by atoms with Crippen LogP contribution in [0.4, 0.5) is 15.9 Å². The third-order valence-electron chi connectivity index (χ3n) is 5.10. The highest BCUT2D eigenvalue weighted by atomic mass is 19.1. The van der Waals surface area contributed by atoms with Crippen LogP contribution < -0.4 is 10.2 Å². The molecule has 0 saturated carbocycles. The van der Waals surface area contributed by atoms with Gasteiger partial charge in [0.25, 0.3) is 5.91 Å². The van der Waals surface area contributed by atoms with Crippen LogP contribution in [-0.4, -0.2) is 24.0 Å². The van der Waals surface area contributed by atoms with Crippen molar-refractivity contribution in [3.05, 3.63) is 65.6 Å². The second kappa shape index (κ2) is 7.35. The lowest BCUT2D eigenvalue weighted by Crippen LogP contribution is -2.30. The second-order valence-electron chi connectivity index (χ2n) is 7.01. The summed E-state index contributed by atoms with van der Waals surface area (Å²) in [5.74, 6) is 0.312. The van der Waals surface area contributed by atoms with Crippen LogP contribution in [0.1, 0.15) is 35.2 Å². The topological polar surface area (TPSA) is 45.2 Å². The Morgan fingerprint density at radius 3 is 2.56 bits per heavy atom. The third kappa shape index (κ3) is 3.50. The molecule has 1 N–H and O–H groups in total. The normalized spacial score (nSPS) is 14.4. The Balaban J connectivity index is 1.69. The van der Waals surface area contributed by atoms with E-state index in [1.807, 2.05) is 24.3 Å². The number of nitrogens with one attached hydrogen (secondary N) is 1. The predicted molar refractivity (Wildman–Crippen MR) is 107 cm³/mol. The zero-order chi connectivity index (χ0) is 18.8. The third-order valence-corrected chi connectivity index (χ3v) is 5.10. The highest BCUT2D eigenvalue weighted by molar-refractivity contribution is 6.14. The van der Waals surface area contributed by atoms with Gasteiger partial charge >= 0.3 is 0 Å². The molecule has 1 aliphatic rings. The Bertz CT molecular complexity index is 996. The smallest absolute Gasteiger partial charge is 0.257 e. The van der Waals surface area contributed by atoms with E-state index in [4.69, 9.17) is 0 Å². The van der Waals surface area contributed by atoms with E-state index < -0.39 is 0 Å². The lowest BCUT2D eigenvalue weighted by Gasteiger charge is -2.29. The highest BCUT2D eigenvalue weighted by Gasteiger charge is 2.19. The van der Waals surface area contributed by atoms with E-state index in [0.717, 1.165) is 42.5 Å². The van der Waals surface area contributed by atoms with Crippen LogP contribution in [0.25, 0.3) is 10.8 Å². The zero-order valence-electron chi connectivity index (χ0n) is 15.3. The monoisotopic (exact) mass is 363 g/mol. The fraction of sp³-hybridized carbons (Fsp3) is 0.273. The molecule has 5 heteroatoms. The fourth-order valence-corrected chi connectivity index (χ4v) is 3.59. The number of piperidine rings is 1. The summed E-state index contributed by atoms with van der Waals surface area (Å²) in [7, 11) is 0. The number of benzene rings is 2. The Morgan fingerprint density at radius 2 is 1.81 bits per heavy atom. The van der Waals surface area contributed by atoms with Crippen LogP contribution in [0, 0.1) is 12.7 Å². The van der Waals surface area contributed by atoms with E-state index >= 15 is 0 Å². The van der Waals surface area contributed by atoms with Gasteiger partial charge < -0.3 is 10.2 Å². The summed E-state index contributed by atoms with van der Waals surface area (Å²) in [5.41, 5.74) is 1.48. The number of aryl methyl sites for hydroxylation is 1. The lowest BCUT2D eigenvalue weighted by atomic mass is 10.0. The average Bonchev–Trinajstić information content (AvgIpc) is 2.70. The van der Waals surface area contributed by atoms with Crippen LogP contribution in [0.5, 0.6) is 0 Å². The first-order valence-corrected chi connectivity index (χ1v) is 9.34. The van der Waals surface area contributed by atoms with Crippen molar-refractivity contribution in [3.8, 4) is 0 Å². The molecular formula is C22H22FN3O. The number of anilines is 2. The van der Waals surface area contributed by atoms with Gasteiger partial charge in [-0.2, -0.15) is 0 Å². The first-order chi connectivity index (χ1) is 13.1. The molecule has 4 rings (SSSR count). The molecule has 2 aromatic carbocycles. The SMILES string of the molecule is Cc1ccc(NC(=O)c2cnc(N3CCCCC3)c3ccccc23)cc1F. The lowest BCUT2D eigenvalue weighted by molar-refractivity contribution is 0.102. The van der Waals surface area contributed by atoms with Crippen molar-refractivity contribution in [1.29, 1.82) is 0 Å². The van der Waals surface area contributed by atoms with E-state index in [2.05, 4.69) is 15.2 Å². The molecule has 0 spiro atoms. The summed E-state index contributed by atoms with van der Waals surface area (Å²) in [4.78, 5) is 19.7. The minimum Gasteiger partial charge on any atom is -0.356 e. The maximum Gasteiger partial charge on any atom is 0.257 e. The summed E-state index contributed by atoms with van der Waals surface area (Å²) in [5, 5.41) is 4.62. The number of amides is 1. The molecule has 1 saturated heterocycles. The molecule has 0 unspecified atom stereocenters. The summed E-state index contributed by atoms with van der Waals surface area (Å²) in [6.45, 7) is 3.67. The van der Waals surface area contributed by atoms with E-state index in [1.54, 1.807) is 25.3 Å². The van der Waals surface area contributed by atoms with Gasteiger partial charge in [-0.25, -0.2) is 9.37 Å². The zero-order valence-corrected chi connectivity index (χ0v) is 15.3. The van der Waals surface area contributed by atoms with Crippen molar-refractivity contribution in [2.75, 3.05) is 23.3 Å². The van der Waals surface area contributed by atoms with E-state index in [-0.39, 0.29) is 11.7 Å². The average molecular weight is 363 g/mol. The number of aromatic nitrogens is 1. The fourth-order valence-electron chi connectivity index (χ4n) is 3.59. The van der Waals surface area contributed by atoms with Crippen molar-refractivity contribution >= 4 is 28.2 Å². The molecule has 0 radical (unpaired) electrons. The van der Waals surface area contributed by atoms with E-state index in [1.165, 1.54) is 12.5 Å². The van der Waals surface area contributed by atoms with Gasteiger partial charge in [0.2, 0.25) is 0 Å². The molecule has 4 nitrogen and oxygen atoms in total. The van der Waals surface area contributed by atoms with Crippen LogP contribution in [0.2, 0.25) is 0 Å². The maximum atomic E-state index is 13.8. The first-order valence-electron chi connectivity index (χ1n) is 9.34. The number of carbonyl (C=O) groups is 1. The van der Waals surface area contributed by atoms with Crippen molar-refractivity contribution in [1.82, 2.24) is 4.98 Å². The number of nitrogens with zero attached hydrogens (tertiary/aromatic N) is 2. The first kappa shape index (κ1) is 17.5. The van der Waals surface area contributed by atoms with Crippen molar-refractivity contribution < 1.29 is 9.18 Å². The number of pyridine rings is 1. The Morgan fingerprint density at radius 1 is 1.07 bits per heavy atom. The van der Waals surface area contributed by atoms with Gasteiger partial charge in [-0.1, -0.05) is 30.3 Å². The number of halogens is 1. The molecule has 1 aromatic heterocycles. The van der Waals surface area contributed by atoms with Gasteiger partial charge in [0.05, 0.1) is 5.56 Å². The molecule has 1 amide bonds. The molecule has 1 aliphatic heterocycles. The largest absolute Gasteiger partial charge is 0.356 e. The molecular weight excluding hydrogens is 341 g/mol. The molecule has 27 heavy (non-hydrogen) atoms. The van der Waals surface area contributed by atoms with Crippen LogP contribution in [0.15, 0.2) is 48.7 Å². The molecule has 3 aromatic rings. The molecule has 2 heterocycles. The van der Waals surface area contributed by atoms with Gasteiger partial charge in [-0.15, -0.1) is 0 Å². The van der Waals surface area contributed by atoms with Gasteiger partial charge in [0, 0.05) is 30.4 Å². The van der Waals surface area contributed by atoms with Crippen LogP contribution in [0.3, 0.4) is 0 Å². The van der Waals surface area contributed by atoms with Crippen LogP contribution in [-0.2, 0) is 0 Å². The van der Waals surface area contributed by atoms with Crippen LogP contribution >= 0.6 is 0 Å². The summed E-state index contributed by atoms with van der Waals surface area (Å²) >= 11 is 0. The van der Waals surface area contributed by atoms with Crippen molar-refractivity contribution in [3.63, 3.8) is 0 Å². The van der Waals surface area contributed by atoms with Crippen molar-refractivity contribution in [2.24, 2.45) is 0 Å². The van der Waals surface area contributed by atoms with Gasteiger partial charge in [0.15, 0.2) is 0 Å². The molecule has 138 valence electrons. The minimum absolute atomic E-state index is 0.285. The number of rotatable bonds is 3. The number of hydrogen-bond donors (Lipinski definition) is 1. The quantitative estimate of drug-likeness (QED) is 0.718. The molecule has 0 bridgehead atoms. The minimum atomic E-state index is -0.337. The molecule has 1 fully saturated rings. The van der Waals surface area contributed by atoms with E-state index in [0.29, 0.717) is 16.8 Å².